The van der Waals surface area contributed by atoms with Crippen molar-refractivity contribution in [1.82, 2.24) is 4.90 Å². The molecule has 0 saturated carbocycles. The van der Waals surface area contributed by atoms with E-state index >= 15 is 0 Å². The van der Waals surface area contributed by atoms with Crippen LogP contribution in [0.25, 0.3) is 0 Å². The number of benzene rings is 1. The Kier molecular flexibility index (Phi) is 5.75. The molecule has 1 amide bonds. The maximum absolute atomic E-state index is 12.4. The molecular weight excluding hydrogens is 318 g/mol. The lowest BCUT2D eigenvalue weighted by molar-refractivity contribution is -0.139. The minimum absolute atomic E-state index is 0.120. The van der Waals surface area contributed by atoms with Crippen molar-refractivity contribution in [2.45, 2.75) is 25.6 Å². The summed E-state index contributed by atoms with van der Waals surface area (Å²) < 4.78 is 16.7. The first-order valence-electron chi connectivity index (χ1n) is 8.12. The smallest absolute Gasteiger partial charge is 0.226 e. The van der Waals surface area contributed by atoms with Gasteiger partial charge in [0.15, 0.2) is 6.29 Å². The molecule has 2 aliphatic rings. The number of piperidine rings is 1. The van der Waals surface area contributed by atoms with Crippen LogP contribution in [0.4, 0.5) is 0 Å². The molecule has 2 heterocycles. The Morgan fingerprint density at radius 1 is 1.35 bits per heavy atom. The molecule has 1 atom stereocenters. The molecule has 0 aliphatic carbocycles. The third-order valence-corrected chi connectivity index (χ3v) is 4.46. The van der Waals surface area contributed by atoms with Crippen molar-refractivity contribution < 1.29 is 19.0 Å². The van der Waals surface area contributed by atoms with Crippen LogP contribution in [0.15, 0.2) is 24.3 Å². The van der Waals surface area contributed by atoms with Crippen LogP contribution >= 0.6 is 11.6 Å². The van der Waals surface area contributed by atoms with Gasteiger partial charge in [-0.05, 0) is 31.0 Å². The van der Waals surface area contributed by atoms with Gasteiger partial charge in [0.25, 0.3) is 0 Å². The molecule has 126 valence electrons. The normalized spacial score (nSPS) is 22.3. The summed E-state index contributed by atoms with van der Waals surface area (Å²) in [7, 11) is 0. The second-order valence-corrected chi connectivity index (χ2v) is 6.34. The molecule has 2 fully saturated rings. The van der Waals surface area contributed by atoms with E-state index in [0.29, 0.717) is 43.6 Å². The number of amides is 1. The molecule has 6 heteroatoms. The van der Waals surface area contributed by atoms with E-state index < -0.39 is 0 Å². The molecule has 2 saturated heterocycles. The molecule has 0 radical (unpaired) electrons. The Morgan fingerprint density at radius 3 is 2.96 bits per heavy atom. The molecule has 0 N–H and O–H groups in total. The van der Waals surface area contributed by atoms with Crippen molar-refractivity contribution in [3.05, 3.63) is 29.3 Å². The molecule has 1 unspecified atom stereocenters. The number of nitrogens with zero attached hydrogens (tertiary/aromatic N) is 1. The van der Waals surface area contributed by atoms with Crippen molar-refractivity contribution in [2.24, 2.45) is 5.92 Å². The third kappa shape index (κ3) is 4.59. The predicted molar refractivity (Wildman–Crippen MR) is 86.6 cm³/mol. The highest BCUT2D eigenvalue weighted by Gasteiger charge is 2.32. The summed E-state index contributed by atoms with van der Waals surface area (Å²) in [5, 5.41) is 0.629. The summed E-state index contributed by atoms with van der Waals surface area (Å²) in [5.41, 5.74) is 0. The minimum atomic E-state index is -0.145. The van der Waals surface area contributed by atoms with Gasteiger partial charge in [-0.25, -0.2) is 0 Å². The summed E-state index contributed by atoms with van der Waals surface area (Å²) in [4.78, 5) is 14.3. The molecule has 0 spiro atoms. The second kappa shape index (κ2) is 7.99. The summed E-state index contributed by atoms with van der Waals surface area (Å²) in [5.74, 6) is 1.09. The Bertz CT molecular complexity index is 533. The molecule has 1 aromatic rings. The van der Waals surface area contributed by atoms with E-state index in [0.717, 1.165) is 19.4 Å². The number of hydrogen-bond donors (Lipinski definition) is 0. The number of ether oxygens (including phenoxy) is 3. The first-order valence-corrected chi connectivity index (χ1v) is 8.49. The fourth-order valence-electron chi connectivity index (χ4n) is 3.08. The zero-order chi connectivity index (χ0) is 16.1. The third-order valence-electron chi connectivity index (χ3n) is 4.22. The van der Waals surface area contributed by atoms with E-state index in [1.165, 1.54) is 0 Å². The van der Waals surface area contributed by atoms with E-state index in [1.54, 1.807) is 12.1 Å². The largest absolute Gasteiger partial charge is 0.493 e. The van der Waals surface area contributed by atoms with Crippen molar-refractivity contribution in [3.63, 3.8) is 0 Å². The van der Waals surface area contributed by atoms with Gasteiger partial charge in [0, 0.05) is 24.0 Å². The average Bonchev–Trinajstić information content (AvgIpc) is 3.09. The van der Waals surface area contributed by atoms with Crippen LogP contribution < -0.4 is 4.74 Å². The van der Waals surface area contributed by atoms with Crippen molar-refractivity contribution >= 4 is 17.5 Å². The molecule has 2 aliphatic heterocycles. The lowest BCUT2D eigenvalue weighted by Gasteiger charge is -2.34. The summed E-state index contributed by atoms with van der Waals surface area (Å²) in [6.45, 7) is 3.18. The van der Waals surface area contributed by atoms with Crippen LogP contribution in [-0.2, 0) is 14.3 Å². The van der Waals surface area contributed by atoms with Gasteiger partial charge in [0.1, 0.15) is 5.75 Å². The number of likely N-dealkylation sites (tertiary alicyclic amines) is 1. The lowest BCUT2D eigenvalue weighted by atomic mass is 9.97. The van der Waals surface area contributed by atoms with Crippen molar-refractivity contribution in [3.8, 4) is 5.75 Å². The number of hydrogen-bond acceptors (Lipinski definition) is 4. The number of carbonyl (C=O) groups is 1. The molecule has 3 rings (SSSR count). The monoisotopic (exact) mass is 339 g/mol. The van der Waals surface area contributed by atoms with Crippen LogP contribution in [0.1, 0.15) is 19.3 Å². The van der Waals surface area contributed by atoms with Crippen molar-refractivity contribution in [1.29, 1.82) is 0 Å². The van der Waals surface area contributed by atoms with Crippen molar-refractivity contribution in [2.75, 3.05) is 32.9 Å². The number of halogens is 1. The highest BCUT2D eigenvalue weighted by Crippen LogP contribution is 2.25. The van der Waals surface area contributed by atoms with E-state index in [2.05, 4.69) is 0 Å². The van der Waals surface area contributed by atoms with Gasteiger partial charge in [0.05, 0.1) is 26.2 Å². The lowest BCUT2D eigenvalue weighted by Crippen LogP contribution is -2.44. The maximum Gasteiger partial charge on any atom is 0.226 e. The molecule has 0 aromatic heterocycles. The Morgan fingerprint density at radius 2 is 2.17 bits per heavy atom. The minimum Gasteiger partial charge on any atom is -0.493 e. The number of rotatable bonds is 5. The van der Waals surface area contributed by atoms with E-state index in [4.69, 9.17) is 25.8 Å². The van der Waals surface area contributed by atoms with Gasteiger partial charge in [-0.2, -0.15) is 0 Å². The Hall–Kier alpha value is -1.30. The van der Waals surface area contributed by atoms with E-state index in [-0.39, 0.29) is 18.1 Å². The Labute approximate surface area is 141 Å². The fourth-order valence-corrected chi connectivity index (χ4v) is 3.26. The standard InChI is InChI=1S/C17H22ClNO4/c18-14-4-1-5-15(11-14)21-8-6-16(20)19-7-2-3-13(12-19)17-22-9-10-23-17/h1,4-5,11,13,17H,2-3,6-10,12H2. The maximum atomic E-state index is 12.4. The van der Waals surface area contributed by atoms with Gasteiger partial charge in [-0.15, -0.1) is 0 Å². The van der Waals surface area contributed by atoms with Crippen LogP contribution in [0.3, 0.4) is 0 Å². The van der Waals surface area contributed by atoms with Gasteiger partial charge in [0.2, 0.25) is 5.91 Å². The molecule has 23 heavy (non-hydrogen) atoms. The molecule has 5 nitrogen and oxygen atoms in total. The zero-order valence-corrected chi connectivity index (χ0v) is 13.8. The van der Waals surface area contributed by atoms with E-state index in [1.807, 2.05) is 17.0 Å². The highest BCUT2D eigenvalue weighted by atomic mass is 35.5. The molecule has 1 aromatic carbocycles. The van der Waals surface area contributed by atoms with E-state index in [9.17, 15) is 4.79 Å². The zero-order valence-electron chi connectivity index (χ0n) is 13.1. The van der Waals surface area contributed by atoms with Crippen LogP contribution in [0.2, 0.25) is 5.02 Å². The van der Waals surface area contributed by atoms with Crippen LogP contribution in [0.5, 0.6) is 5.75 Å². The van der Waals surface area contributed by atoms with Crippen LogP contribution in [0, 0.1) is 5.92 Å². The molecular formula is C17H22ClNO4. The van der Waals surface area contributed by atoms with Gasteiger partial charge < -0.3 is 19.1 Å². The topological polar surface area (TPSA) is 48.0 Å². The highest BCUT2D eigenvalue weighted by molar-refractivity contribution is 6.30. The number of carbonyl (C=O) groups excluding carboxylic acids is 1. The first kappa shape index (κ1) is 16.6. The summed E-state index contributed by atoms with van der Waals surface area (Å²) in [6, 6.07) is 7.21. The predicted octanol–water partition coefficient (Wildman–Crippen LogP) is 2.72. The Balaban J connectivity index is 1.44. The first-order chi connectivity index (χ1) is 11.2. The van der Waals surface area contributed by atoms with Gasteiger partial charge >= 0.3 is 0 Å². The second-order valence-electron chi connectivity index (χ2n) is 5.91. The summed E-state index contributed by atoms with van der Waals surface area (Å²) >= 11 is 5.91. The SMILES string of the molecule is O=C(CCOc1cccc(Cl)c1)N1CCCC(C2OCCO2)C1. The molecule has 0 bridgehead atoms. The fraction of sp³-hybridized carbons (Fsp3) is 0.588. The van der Waals surface area contributed by atoms with Gasteiger partial charge in [-0.3, -0.25) is 4.79 Å². The quantitative estimate of drug-likeness (QED) is 0.827. The van der Waals surface area contributed by atoms with Gasteiger partial charge in [-0.1, -0.05) is 17.7 Å². The summed E-state index contributed by atoms with van der Waals surface area (Å²) in [6.07, 6.45) is 2.27. The average molecular weight is 340 g/mol. The van der Waals surface area contributed by atoms with Crippen LogP contribution in [-0.4, -0.2) is 50.0 Å².